The van der Waals surface area contributed by atoms with Gasteiger partial charge in [-0.05, 0) is 6.26 Å². The van der Waals surface area contributed by atoms with E-state index in [1.54, 1.807) is 11.8 Å². The molecule has 1 N–H and O–H groups in total. The number of methoxy groups -OCH3 is 1. The van der Waals surface area contributed by atoms with Gasteiger partial charge in [0.25, 0.3) is 0 Å². The normalized spacial score (nSPS) is 10.1. The van der Waals surface area contributed by atoms with Gasteiger partial charge in [-0.2, -0.15) is 11.8 Å². The quantitative estimate of drug-likeness (QED) is 0.655. The van der Waals surface area contributed by atoms with E-state index in [1.165, 1.54) is 18.4 Å². The summed E-state index contributed by atoms with van der Waals surface area (Å²) in [5.41, 5.74) is 0. The van der Waals surface area contributed by atoms with Crippen LogP contribution in [0, 0.1) is 0 Å². The number of carbonyl (C=O) groups excluding carboxylic acids is 1. The Morgan fingerprint density at radius 1 is 1.73 bits per heavy atom. The SMILES string of the molecule is COC(=O)c1sc(NCCSC)nc1Cl. The average molecular weight is 267 g/mol. The van der Waals surface area contributed by atoms with E-state index in [0.29, 0.717) is 10.0 Å². The van der Waals surface area contributed by atoms with Crippen LogP contribution in [0.3, 0.4) is 0 Å². The zero-order valence-corrected chi connectivity index (χ0v) is 10.8. The van der Waals surface area contributed by atoms with Crippen LogP contribution in [0.5, 0.6) is 0 Å². The first-order valence-electron chi connectivity index (χ1n) is 4.16. The number of hydrogen-bond acceptors (Lipinski definition) is 6. The van der Waals surface area contributed by atoms with Crippen LogP contribution in [0.4, 0.5) is 5.13 Å². The molecule has 1 aromatic heterocycles. The number of esters is 1. The molecule has 1 aromatic rings. The summed E-state index contributed by atoms with van der Waals surface area (Å²) in [7, 11) is 1.32. The first-order valence-corrected chi connectivity index (χ1v) is 6.75. The van der Waals surface area contributed by atoms with Gasteiger partial charge in [0.05, 0.1) is 7.11 Å². The van der Waals surface area contributed by atoms with Crippen molar-refractivity contribution in [2.24, 2.45) is 0 Å². The van der Waals surface area contributed by atoms with Gasteiger partial charge in [-0.15, -0.1) is 0 Å². The van der Waals surface area contributed by atoms with Crippen LogP contribution in [-0.4, -0.2) is 36.6 Å². The second-order valence-electron chi connectivity index (χ2n) is 2.55. The number of aromatic nitrogens is 1. The second-order valence-corrected chi connectivity index (χ2v) is 4.89. The van der Waals surface area contributed by atoms with Crippen molar-refractivity contribution in [3.05, 3.63) is 10.0 Å². The van der Waals surface area contributed by atoms with Crippen molar-refractivity contribution in [2.45, 2.75) is 0 Å². The molecule has 0 aliphatic carbocycles. The molecule has 0 aliphatic rings. The van der Waals surface area contributed by atoms with Crippen molar-refractivity contribution >= 4 is 45.8 Å². The van der Waals surface area contributed by atoms with Gasteiger partial charge in [-0.25, -0.2) is 9.78 Å². The Hall–Kier alpha value is -0.460. The first-order chi connectivity index (χ1) is 7.19. The fourth-order valence-electron chi connectivity index (χ4n) is 0.856. The molecule has 0 spiro atoms. The summed E-state index contributed by atoms with van der Waals surface area (Å²) in [6.07, 6.45) is 2.02. The summed E-state index contributed by atoms with van der Waals surface area (Å²) in [5, 5.41) is 3.92. The zero-order chi connectivity index (χ0) is 11.3. The highest BCUT2D eigenvalue weighted by Gasteiger charge is 2.16. The molecular weight excluding hydrogens is 256 g/mol. The van der Waals surface area contributed by atoms with E-state index in [2.05, 4.69) is 15.0 Å². The van der Waals surface area contributed by atoms with Crippen molar-refractivity contribution in [1.82, 2.24) is 4.98 Å². The summed E-state index contributed by atoms with van der Waals surface area (Å²) in [4.78, 5) is 15.6. The van der Waals surface area contributed by atoms with Gasteiger partial charge in [-0.3, -0.25) is 0 Å². The third kappa shape index (κ3) is 3.55. The summed E-state index contributed by atoms with van der Waals surface area (Å²) in [6.45, 7) is 0.797. The minimum atomic E-state index is -0.449. The predicted octanol–water partition coefficient (Wildman–Crippen LogP) is 2.36. The fourth-order valence-corrected chi connectivity index (χ4v) is 2.29. The summed E-state index contributed by atoms with van der Waals surface area (Å²) in [5.74, 6) is 0.528. The molecule has 4 nitrogen and oxygen atoms in total. The molecule has 0 radical (unpaired) electrons. The van der Waals surface area contributed by atoms with Gasteiger partial charge < -0.3 is 10.1 Å². The molecular formula is C8H11ClN2O2S2. The van der Waals surface area contributed by atoms with Gasteiger partial charge in [0.1, 0.15) is 0 Å². The summed E-state index contributed by atoms with van der Waals surface area (Å²) < 4.78 is 4.57. The van der Waals surface area contributed by atoms with E-state index in [9.17, 15) is 4.79 Å². The maximum absolute atomic E-state index is 11.2. The number of carbonyl (C=O) groups is 1. The lowest BCUT2D eigenvalue weighted by Gasteiger charge is -1.98. The van der Waals surface area contributed by atoms with Crippen LogP contribution < -0.4 is 5.32 Å². The monoisotopic (exact) mass is 266 g/mol. The van der Waals surface area contributed by atoms with Gasteiger partial charge in [0.2, 0.25) is 0 Å². The molecule has 0 aromatic carbocycles. The molecule has 0 unspecified atom stereocenters. The van der Waals surface area contributed by atoms with Gasteiger partial charge in [-0.1, -0.05) is 22.9 Å². The maximum atomic E-state index is 11.2. The van der Waals surface area contributed by atoms with E-state index < -0.39 is 5.97 Å². The van der Waals surface area contributed by atoms with Crippen molar-refractivity contribution in [2.75, 3.05) is 31.0 Å². The lowest BCUT2D eigenvalue weighted by atomic mass is 10.6. The van der Waals surface area contributed by atoms with Crippen molar-refractivity contribution in [3.63, 3.8) is 0 Å². The highest BCUT2D eigenvalue weighted by molar-refractivity contribution is 7.98. The van der Waals surface area contributed by atoms with Crippen molar-refractivity contribution in [1.29, 1.82) is 0 Å². The second kappa shape index (κ2) is 6.19. The highest BCUT2D eigenvalue weighted by Crippen LogP contribution is 2.27. The minimum Gasteiger partial charge on any atom is -0.465 e. The van der Waals surface area contributed by atoms with Crippen LogP contribution in [-0.2, 0) is 4.74 Å². The van der Waals surface area contributed by atoms with Crippen LogP contribution in [0.25, 0.3) is 0 Å². The summed E-state index contributed by atoms with van der Waals surface area (Å²) >= 11 is 8.72. The molecule has 0 aliphatic heterocycles. The molecule has 15 heavy (non-hydrogen) atoms. The van der Waals surface area contributed by atoms with Gasteiger partial charge in [0, 0.05) is 12.3 Å². The molecule has 1 rings (SSSR count). The van der Waals surface area contributed by atoms with Crippen molar-refractivity contribution in [3.8, 4) is 0 Å². The lowest BCUT2D eigenvalue weighted by molar-refractivity contribution is 0.0606. The highest BCUT2D eigenvalue weighted by atomic mass is 35.5. The predicted molar refractivity (Wildman–Crippen MR) is 65.3 cm³/mol. The largest absolute Gasteiger partial charge is 0.465 e. The van der Waals surface area contributed by atoms with Gasteiger partial charge >= 0.3 is 5.97 Å². The van der Waals surface area contributed by atoms with Crippen LogP contribution in [0.2, 0.25) is 5.15 Å². The Morgan fingerprint density at radius 3 is 3.07 bits per heavy atom. The Labute approximate surface area is 101 Å². The average Bonchev–Trinajstić information content (AvgIpc) is 2.59. The minimum absolute atomic E-state index is 0.193. The van der Waals surface area contributed by atoms with E-state index in [4.69, 9.17) is 11.6 Å². The third-order valence-corrected chi connectivity index (χ3v) is 3.53. The molecule has 84 valence electrons. The van der Waals surface area contributed by atoms with Crippen LogP contribution in [0.15, 0.2) is 0 Å². The molecule has 7 heteroatoms. The number of rotatable bonds is 5. The molecule has 0 amide bonds. The van der Waals surface area contributed by atoms with Crippen molar-refractivity contribution < 1.29 is 9.53 Å². The van der Waals surface area contributed by atoms with Crippen LogP contribution in [0.1, 0.15) is 9.67 Å². The zero-order valence-electron chi connectivity index (χ0n) is 8.37. The molecule has 0 fully saturated rings. The third-order valence-electron chi connectivity index (χ3n) is 1.54. The number of nitrogens with one attached hydrogen (secondary N) is 1. The molecule has 0 atom stereocenters. The Balaban J connectivity index is 2.64. The summed E-state index contributed by atoms with van der Waals surface area (Å²) in [6, 6.07) is 0. The first kappa shape index (κ1) is 12.6. The topological polar surface area (TPSA) is 51.2 Å². The lowest BCUT2D eigenvalue weighted by Crippen LogP contribution is -2.02. The number of nitrogens with zero attached hydrogens (tertiary/aromatic N) is 1. The van der Waals surface area contributed by atoms with E-state index in [1.807, 2.05) is 6.26 Å². The number of anilines is 1. The van der Waals surface area contributed by atoms with E-state index >= 15 is 0 Å². The molecule has 1 heterocycles. The number of thiazole rings is 1. The molecule has 0 bridgehead atoms. The van der Waals surface area contributed by atoms with Gasteiger partial charge in [0.15, 0.2) is 15.2 Å². The maximum Gasteiger partial charge on any atom is 0.351 e. The number of halogens is 1. The standard InChI is InChI=1S/C8H11ClN2O2S2/c1-13-7(12)5-6(9)11-8(15-5)10-3-4-14-2/h3-4H2,1-2H3,(H,10,11). The number of thioether (sulfide) groups is 1. The van der Waals surface area contributed by atoms with E-state index in [-0.39, 0.29) is 5.15 Å². The Kier molecular flexibility index (Phi) is 5.21. The smallest absolute Gasteiger partial charge is 0.351 e. The number of hydrogen-bond donors (Lipinski definition) is 1. The van der Waals surface area contributed by atoms with Crippen LogP contribution >= 0.6 is 34.7 Å². The number of ether oxygens (including phenoxy) is 1. The molecule has 0 saturated carbocycles. The Bertz CT molecular complexity index is 343. The Morgan fingerprint density at radius 2 is 2.47 bits per heavy atom. The van der Waals surface area contributed by atoms with E-state index in [0.717, 1.165) is 12.3 Å². The fraction of sp³-hybridized carbons (Fsp3) is 0.500. The molecule has 0 saturated heterocycles.